The summed E-state index contributed by atoms with van der Waals surface area (Å²) < 4.78 is 40.0. The minimum atomic E-state index is -3.39. The summed E-state index contributed by atoms with van der Waals surface area (Å²) in [6.07, 6.45) is 1.28. The highest BCUT2D eigenvalue weighted by Crippen LogP contribution is 2.20. The van der Waals surface area contributed by atoms with E-state index in [1.54, 1.807) is 36.4 Å². The van der Waals surface area contributed by atoms with Crippen molar-refractivity contribution in [3.63, 3.8) is 0 Å². The molecule has 0 atom stereocenters. The van der Waals surface area contributed by atoms with Gasteiger partial charge in [0.05, 0.1) is 5.75 Å². The molecular formula is C21H21FN2O2S. The van der Waals surface area contributed by atoms with E-state index in [4.69, 9.17) is 0 Å². The van der Waals surface area contributed by atoms with Crippen molar-refractivity contribution in [2.45, 2.75) is 12.8 Å². The van der Waals surface area contributed by atoms with Crippen LogP contribution in [-0.2, 0) is 16.4 Å². The molecule has 3 aromatic rings. The number of sulfonamides is 1. The molecule has 0 aromatic heterocycles. The molecule has 0 aliphatic rings. The lowest BCUT2D eigenvalue weighted by molar-refractivity contribution is 0.598. The number of aryl methyl sites for hydroxylation is 1. The van der Waals surface area contributed by atoms with Crippen LogP contribution in [0.3, 0.4) is 0 Å². The molecule has 27 heavy (non-hydrogen) atoms. The van der Waals surface area contributed by atoms with Gasteiger partial charge >= 0.3 is 0 Å². The Balaban J connectivity index is 1.52. The summed E-state index contributed by atoms with van der Waals surface area (Å²) in [5.74, 6) is -0.227. The van der Waals surface area contributed by atoms with Crippen LogP contribution in [0.2, 0.25) is 0 Å². The van der Waals surface area contributed by atoms with E-state index in [1.807, 2.05) is 30.3 Å². The number of rotatable bonds is 8. The van der Waals surface area contributed by atoms with E-state index in [0.717, 1.165) is 23.4 Å². The second-order valence-electron chi connectivity index (χ2n) is 6.22. The second-order valence-corrected chi connectivity index (χ2v) is 8.06. The quantitative estimate of drug-likeness (QED) is 0.578. The Bertz CT molecular complexity index is 957. The van der Waals surface area contributed by atoms with Crippen molar-refractivity contribution in [2.24, 2.45) is 0 Å². The fraction of sp³-hybridized carbons (Fsp3) is 0.143. The maximum Gasteiger partial charge on any atom is 0.232 e. The Hall–Kier alpha value is -2.86. The highest BCUT2D eigenvalue weighted by atomic mass is 32.2. The predicted molar refractivity (Wildman–Crippen MR) is 108 cm³/mol. The molecule has 0 spiro atoms. The van der Waals surface area contributed by atoms with Crippen molar-refractivity contribution < 1.29 is 12.8 Å². The van der Waals surface area contributed by atoms with E-state index in [2.05, 4.69) is 10.0 Å². The second kappa shape index (κ2) is 8.68. The highest BCUT2D eigenvalue weighted by molar-refractivity contribution is 7.92. The molecule has 0 unspecified atom stereocenters. The Kier molecular flexibility index (Phi) is 6.08. The van der Waals surface area contributed by atoms with Crippen LogP contribution in [0.25, 0.3) is 0 Å². The molecule has 0 radical (unpaired) electrons. The predicted octanol–water partition coefficient (Wildman–Crippen LogP) is 4.94. The third kappa shape index (κ3) is 6.11. The van der Waals surface area contributed by atoms with Crippen molar-refractivity contribution >= 4 is 27.1 Å². The van der Waals surface area contributed by atoms with Crippen LogP contribution in [0.1, 0.15) is 12.0 Å². The van der Waals surface area contributed by atoms with Gasteiger partial charge in [-0.15, -0.1) is 0 Å². The summed E-state index contributed by atoms with van der Waals surface area (Å²) >= 11 is 0. The first-order valence-electron chi connectivity index (χ1n) is 8.67. The third-order valence-corrected chi connectivity index (χ3v) is 5.39. The number of halogens is 1. The lowest BCUT2D eigenvalue weighted by Crippen LogP contribution is -2.17. The van der Waals surface area contributed by atoms with Crippen molar-refractivity contribution in [3.05, 3.63) is 90.2 Å². The number of hydrogen-bond donors (Lipinski definition) is 2. The summed E-state index contributed by atoms with van der Waals surface area (Å²) in [5, 5.41) is 3.13. The van der Waals surface area contributed by atoms with E-state index in [-0.39, 0.29) is 11.6 Å². The first-order chi connectivity index (χ1) is 13.0. The Morgan fingerprint density at radius 1 is 0.741 bits per heavy atom. The van der Waals surface area contributed by atoms with Gasteiger partial charge in [-0.25, -0.2) is 12.8 Å². The molecule has 4 nitrogen and oxygen atoms in total. The average Bonchev–Trinajstić information content (AvgIpc) is 2.66. The molecule has 6 heteroatoms. The van der Waals surface area contributed by atoms with Gasteiger partial charge in [-0.2, -0.15) is 0 Å². The van der Waals surface area contributed by atoms with Gasteiger partial charge in [0, 0.05) is 17.1 Å². The Morgan fingerprint density at radius 3 is 1.93 bits per heavy atom. The monoisotopic (exact) mass is 384 g/mol. The van der Waals surface area contributed by atoms with E-state index >= 15 is 0 Å². The molecule has 0 heterocycles. The summed E-state index contributed by atoms with van der Waals surface area (Å²) in [6.45, 7) is 0. The molecule has 0 fully saturated rings. The van der Waals surface area contributed by atoms with Gasteiger partial charge < -0.3 is 5.32 Å². The normalized spacial score (nSPS) is 11.1. The Morgan fingerprint density at radius 2 is 1.30 bits per heavy atom. The number of benzene rings is 3. The SMILES string of the molecule is O=S(=O)(CCCc1ccccc1)Nc1ccc(Nc2ccc(F)cc2)cc1. The molecule has 0 aliphatic carbocycles. The lowest BCUT2D eigenvalue weighted by Gasteiger charge is -2.10. The molecule has 2 N–H and O–H groups in total. The molecule has 140 valence electrons. The van der Waals surface area contributed by atoms with Crippen LogP contribution >= 0.6 is 0 Å². The van der Waals surface area contributed by atoms with Crippen molar-refractivity contribution in [1.82, 2.24) is 0 Å². The molecule has 0 aliphatic heterocycles. The zero-order valence-electron chi connectivity index (χ0n) is 14.7. The van der Waals surface area contributed by atoms with E-state index < -0.39 is 10.0 Å². The minimum absolute atomic E-state index is 0.0669. The topological polar surface area (TPSA) is 58.2 Å². The van der Waals surface area contributed by atoms with Crippen LogP contribution in [0.15, 0.2) is 78.9 Å². The van der Waals surface area contributed by atoms with Gasteiger partial charge in [-0.3, -0.25) is 4.72 Å². The first-order valence-corrected chi connectivity index (χ1v) is 10.3. The van der Waals surface area contributed by atoms with Gasteiger partial charge in [-0.1, -0.05) is 30.3 Å². The van der Waals surface area contributed by atoms with Crippen LogP contribution in [0, 0.1) is 5.82 Å². The molecule has 0 bridgehead atoms. The molecule has 3 rings (SSSR count). The van der Waals surface area contributed by atoms with Crippen LogP contribution in [-0.4, -0.2) is 14.2 Å². The third-order valence-electron chi connectivity index (χ3n) is 4.01. The van der Waals surface area contributed by atoms with Gasteiger partial charge in [0.25, 0.3) is 0 Å². The van der Waals surface area contributed by atoms with Crippen LogP contribution < -0.4 is 10.0 Å². The summed E-state index contributed by atoms with van der Waals surface area (Å²) in [4.78, 5) is 0. The standard InChI is InChI=1S/C21H21FN2O2S/c22-18-8-10-19(11-9-18)23-20-12-14-21(15-13-20)24-27(25,26)16-4-7-17-5-2-1-3-6-17/h1-3,5-6,8-15,23-24H,4,7,16H2. The fourth-order valence-corrected chi connectivity index (χ4v) is 3.78. The molecule has 0 saturated heterocycles. The maximum absolute atomic E-state index is 12.9. The van der Waals surface area contributed by atoms with Crippen molar-refractivity contribution in [3.8, 4) is 0 Å². The van der Waals surface area contributed by atoms with E-state index in [0.29, 0.717) is 12.1 Å². The van der Waals surface area contributed by atoms with Gasteiger partial charge in [0.2, 0.25) is 10.0 Å². The van der Waals surface area contributed by atoms with Crippen LogP contribution in [0.4, 0.5) is 21.5 Å². The summed E-state index contributed by atoms with van der Waals surface area (Å²) in [7, 11) is -3.39. The maximum atomic E-state index is 12.9. The molecular weight excluding hydrogens is 363 g/mol. The van der Waals surface area contributed by atoms with Crippen molar-refractivity contribution in [2.75, 3.05) is 15.8 Å². The molecule has 3 aromatic carbocycles. The number of nitrogens with one attached hydrogen (secondary N) is 2. The fourth-order valence-electron chi connectivity index (χ4n) is 2.66. The minimum Gasteiger partial charge on any atom is -0.356 e. The highest BCUT2D eigenvalue weighted by Gasteiger charge is 2.10. The first kappa shape index (κ1) is 18.9. The zero-order chi connectivity index (χ0) is 19.1. The Labute approximate surface area is 159 Å². The van der Waals surface area contributed by atoms with Gasteiger partial charge in [0.15, 0.2) is 0 Å². The van der Waals surface area contributed by atoms with Gasteiger partial charge in [0.1, 0.15) is 5.82 Å². The van der Waals surface area contributed by atoms with E-state index in [1.165, 1.54) is 12.1 Å². The largest absolute Gasteiger partial charge is 0.356 e. The average molecular weight is 384 g/mol. The van der Waals surface area contributed by atoms with Crippen molar-refractivity contribution in [1.29, 1.82) is 0 Å². The number of hydrogen-bond acceptors (Lipinski definition) is 3. The molecule has 0 amide bonds. The van der Waals surface area contributed by atoms with Crippen LogP contribution in [0.5, 0.6) is 0 Å². The van der Waals surface area contributed by atoms with Gasteiger partial charge in [-0.05, 0) is 66.9 Å². The smallest absolute Gasteiger partial charge is 0.232 e. The summed E-state index contributed by atoms with van der Waals surface area (Å²) in [6, 6.07) is 22.8. The lowest BCUT2D eigenvalue weighted by atomic mass is 10.1. The summed E-state index contributed by atoms with van der Waals surface area (Å²) in [5.41, 5.74) is 3.18. The zero-order valence-corrected chi connectivity index (χ0v) is 15.5. The number of anilines is 3. The molecule has 0 saturated carbocycles. The van der Waals surface area contributed by atoms with E-state index in [9.17, 15) is 12.8 Å².